The minimum Gasteiger partial charge on any atom is -3.00 e. The van der Waals surface area contributed by atoms with E-state index >= 15 is 0 Å². The fourth-order valence-electron chi connectivity index (χ4n) is 0. The van der Waals surface area contributed by atoms with Gasteiger partial charge in [0.1, 0.15) is 0 Å². The first-order valence-corrected chi connectivity index (χ1v) is 0. The van der Waals surface area contributed by atoms with Crippen LogP contribution < -0.4 is 0 Å². The van der Waals surface area contributed by atoms with Gasteiger partial charge in [-0.15, -0.1) is 0 Å². The molecule has 0 aromatic carbocycles. The van der Waals surface area contributed by atoms with Gasteiger partial charge in [-0.1, -0.05) is 0 Å². The zero-order chi connectivity index (χ0) is 0. The standard InChI is InChI=1S/3Hf.4P/q3*+4;4*-3. The molecule has 32 valence electrons. The maximum Gasteiger partial charge on any atom is 4.00 e. The molecule has 0 amide bonds. The van der Waals surface area contributed by atoms with Crippen LogP contribution in [0.5, 0.6) is 0 Å². The summed E-state index contributed by atoms with van der Waals surface area (Å²) in [4.78, 5) is 0. The van der Waals surface area contributed by atoms with Gasteiger partial charge in [0, 0.05) is 0 Å². The molecule has 0 spiro atoms. The van der Waals surface area contributed by atoms with E-state index in [0.717, 1.165) is 0 Å². The molecule has 0 atom stereocenters. The fraction of sp³-hybridized carbons (Fsp3) is 0. The number of rotatable bonds is 0. The van der Waals surface area contributed by atoms with Crippen molar-refractivity contribution in [2.75, 3.05) is 0 Å². The monoisotopic (exact) mass is 664 g/mol. The van der Waals surface area contributed by atoms with Crippen molar-refractivity contribution in [3.8, 4) is 0 Å². The van der Waals surface area contributed by atoms with Gasteiger partial charge in [-0.3, -0.25) is 0 Å². The van der Waals surface area contributed by atoms with E-state index in [4.69, 9.17) is 0 Å². The Bertz CT molecular complexity index is 6.90. The van der Waals surface area contributed by atoms with Crippen LogP contribution in [0.4, 0.5) is 0 Å². The van der Waals surface area contributed by atoms with Crippen LogP contribution in [0.25, 0.3) is 0 Å². The molecule has 0 bridgehead atoms. The molecule has 0 saturated heterocycles. The van der Waals surface area contributed by atoms with Crippen molar-refractivity contribution >= 4 is 39.6 Å². The predicted molar refractivity (Wildman–Crippen MR) is 27.7 cm³/mol. The SMILES string of the molecule is [Hf+4].[Hf+4].[Hf+4].[P-3].[P-3].[P-3].[P-3]. The van der Waals surface area contributed by atoms with Crippen LogP contribution in [0.2, 0.25) is 0 Å². The van der Waals surface area contributed by atoms with E-state index in [2.05, 4.69) is 0 Å². The first kappa shape index (κ1) is 64.5. The Morgan fingerprint density at radius 3 is 0.286 bits per heavy atom. The van der Waals surface area contributed by atoms with Crippen molar-refractivity contribution in [1.29, 1.82) is 0 Å². The maximum absolute atomic E-state index is 0. The largest absolute Gasteiger partial charge is 4.00 e. The zero-order valence-corrected chi connectivity index (χ0v) is 17.6. The van der Waals surface area contributed by atoms with Crippen LogP contribution in [0.3, 0.4) is 0 Å². The zero-order valence-electron chi connectivity index (χ0n) is 3.29. The van der Waals surface area contributed by atoms with Crippen LogP contribution in [0.1, 0.15) is 0 Å². The smallest absolute Gasteiger partial charge is 3.00 e. The molecular weight excluding hydrogens is 659 g/mol. The topological polar surface area (TPSA) is 0 Å². The maximum atomic E-state index is 0. The molecule has 0 rings (SSSR count). The van der Waals surface area contributed by atoms with E-state index in [-0.39, 0.29) is 117 Å². The fourth-order valence-corrected chi connectivity index (χ4v) is 0. The van der Waals surface area contributed by atoms with Gasteiger partial charge < -0.3 is 39.6 Å². The average molecular weight is 659 g/mol. The van der Waals surface area contributed by atoms with Gasteiger partial charge in [-0.2, -0.15) is 0 Å². The van der Waals surface area contributed by atoms with Crippen LogP contribution in [-0.2, 0) is 77.5 Å². The molecule has 0 N–H and O–H groups in total. The van der Waals surface area contributed by atoms with E-state index in [9.17, 15) is 0 Å². The molecule has 0 aromatic rings. The Kier molecular flexibility index (Phi) is 442. The number of hydrogen-bond donors (Lipinski definition) is 0. The molecule has 0 unspecified atom stereocenters. The van der Waals surface area contributed by atoms with Gasteiger partial charge >= 0.3 is 77.5 Å². The second-order valence-corrected chi connectivity index (χ2v) is 0. The Morgan fingerprint density at radius 2 is 0.286 bits per heavy atom. The molecular formula is Hf3P4. The van der Waals surface area contributed by atoms with Crippen LogP contribution in [0, 0.1) is 0 Å². The molecule has 7 heavy (non-hydrogen) atoms. The van der Waals surface area contributed by atoms with Crippen LogP contribution >= 0.6 is 39.6 Å². The molecule has 0 aliphatic heterocycles. The third kappa shape index (κ3) is 38.2. The minimum absolute atomic E-state index is 0. The molecule has 7 heteroatoms. The van der Waals surface area contributed by atoms with Gasteiger partial charge in [0.15, 0.2) is 0 Å². The molecule has 0 nitrogen and oxygen atoms in total. The summed E-state index contributed by atoms with van der Waals surface area (Å²) < 4.78 is 0. The summed E-state index contributed by atoms with van der Waals surface area (Å²) in [6, 6.07) is 0. The van der Waals surface area contributed by atoms with E-state index in [0.29, 0.717) is 0 Å². The molecule has 0 aliphatic rings. The van der Waals surface area contributed by atoms with E-state index in [1.165, 1.54) is 0 Å². The normalized spacial score (nSPS) is 0. The molecule has 0 aliphatic carbocycles. The van der Waals surface area contributed by atoms with Gasteiger partial charge in [0.2, 0.25) is 0 Å². The second kappa shape index (κ2) is 48.0. The van der Waals surface area contributed by atoms with Gasteiger partial charge in [0.25, 0.3) is 0 Å². The van der Waals surface area contributed by atoms with Gasteiger partial charge in [-0.05, 0) is 0 Å². The third-order valence-electron chi connectivity index (χ3n) is 0. The van der Waals surface area contributed by atoms with Crippen molar-refractivity contribution in [2.24, 2.45) is 0 Å². The summed E-state index contributed by atoms with van der Waals surface area (Å²) in [6.45, 7) is 0. The predicted octanol–water partition coefficient (Wildman–Crippen LogP) is 3.44. The number of hydrogen-bond acceptors (Lipinski definition) is 0. The van der Waals surface area contributed by atoms with Crippen molar-refractivity contribution in [3.05, 3.63) is 0 Å². The molecule has 0 aromatic heterocycles. The van der Waals surface area contributed by atoms with Crippen molar-refractivity contribution in [2.45, 2.75) is 0 Å². The van der Waals surface area contributed by atoms with E-state index < -0.39 is 0 Å². The summed E-state index contributed by atoms with van der Waals surface area (Å²) in [6.07, 6.45) is 0. The summed E-state index contributed by atoms with van der Waals surface area (Å²) >= 11 is 0. The van der Waals surface area contributed by atoms with Crippen molar-refractivity contribution in [1.82, 2.24) is 0 Å². The van der Waals surface area contributed by atoms with Crippen LogP contribution in [-0.4, -0.2) is 0 Å². The summed E-state index contributed by atoms with van der Waals surface area (Å²) in [5.41, 5.74) is 0. The van der Waals surface area contributed by atoms with Crippen LogP contribution in [0.15, 0.2) is 0 Å². The van der Waals surface area contributed by atoms with Crippen molar-refractivity contribution < 1.29 is 77.5 Å². The minimum atomic E-state index is 0. The average Bonchev–Trinajstić information content (AvgIpc) is 0. The molecule has 0 saturated carbocycles. The second-order valence-electron chi connectivity index (χ2n) is 0. The van der Waals surface area contributed by atoms with E-state index in [1.807, 2.05) is 0 Å². The van der Waals surface area contributed by atoms with E-state index in [1.54, 1.807) is 0 Å². The van der Waals surface area contributed by atoms with Gasteiger partial charge in [0.05, 0.1) is 0 Å². The Morgan fingerprint density at radius 1 is 0.286 bits per heavy atom. The molecule has 0 fully saturated rings. The first-order chi connectivity index (χ1) is 0. The first-order valence-electron chi connectivity index (χ1n) is 0. The Labute approximate surface area is 115 Å². The Balaban J connectivity index is 0. The molecule has 0 radical (unpaired) electrons. The van der Waals surface area contributed by atoms with Gasteiger partial charge in [-0.25, -0.2) is 0 Å². The molecule has 0 heterocycles. The summed E-state index contributed by atoms with van der Waals surface area (Å²) in [5, 5.41) is 0. The Hall–Kier alpha value is 4.33. The van der Waals surface area contributed by atoms with Crippen molar-refractivity contribution in [3.63, 3.8) is 0 Å². The third-order valence-corrected chi connectivity index (χ3v) is 0. The summed E-state index contributed by atoms with van der Waals surface area (Å²) in [5.74, 6) is 0. The summed E-state index contributed by atoms with van der Waals surface area (Å²) in [7, 11) is 0. The quantitative estimate of drug-likeness (QED) is 0.277.